The van der Waals surface area contributed by atoms with E-state index in [9.17, 15) is 15.0 Å². The highest BCUT2D eigenvalue weighted by Gasteiger charge is 2.44. The lowest BCUT2D eigenvalue weighted by Gasteiger charge is -2.16. The lowest BCUT2D eigenvalue weighted by atomic mass is 10.1. The zero-order valence-corrected chi connectivity index (χ0v) is 10.5. The number of aliphatic hydroxyl groups excluding tert-OH is 3. The van der Waals surface area contributed by atoms with Crippen LogP contribution in [0.15, 0.2) is 11.1 Å². The number of fused-ring (bicyclic) bond motifs is 1. The fourth-order valence-electron chi connectivity index (χ4n) is 2.28. The number of nitrogens with zero attached hydrogens (tertiary/aromatic N) is 3. The molecule has 2 aromatic heterocycles. The summed E-state index contributed by atoms with van der Waals surface area (Å²) in [4.78, 5) is 21.8. The van der Waals surface area contributed by atoms with E-state index < -0.39 is 36.7 Å². The Morgan fingerprint density at radius 2 is 2.19 bits per heavy atom. The summed E-state index contributed by atoms with van der Waals surface area (Å²) >= 11 is 0. The smallest absolute Gasteiger partial charge is 0.280 e. The van der Waals surface area contributed by atoms with E-state index in [1.165, 1.54) is 10.9 Å². The summed E-state index contributed by atoms with van der Waals surface area (Å²) in [7, 11) is 0. The normalized spacial score (nSPS) is 29.1. The first-order valence-electron chi connectivity index (χ1n) is 6.06. The molecule has 21 heavy (non-hydrogen) atoms. The predicted molar refractivity (Wildman–Crippen MR) is 66.6 cm³/mol. The number of hydrogen-bond donors (Lipinski definition) is 6. The second kappa shape index (κ2) is 5.05. The number of nitrogens with one attached hydrogen (secondary N) is 2. The highest BCUT2D eigenvalue weighted by Crippen LogP contribution is 2.30. The van der Waals surface area contributed by atoms with Gasteiger partial charge >= 0.3 is 0 Å². The van der Waals surface area contributed by atoms with Gasteiger partial charge in [0.2, 0.25) is 5.95 Å². The third-order valence-electron chi connectivity index (χ3n) is 3.33. The monoisotopic (exact) mass is 299 g/mol. The van der Waals surface area contributed by atoms with Crippen LogP contribution in [0.2, 0.25) is 0 Å². The molecule has 1 saturated heterocycles. The molecule has 0 aromatic carbocycles. The van der Waals surface area contributed by atoms with Crippen molar-refractivity contribution in [1.82, 2.24) is 19.5 Å². The lowest BCUT2D eigenvalue weighted by molar-refractivity contribution is -0.0511. The first-order valence-corrected chi connectivity index (χ1v) is 6.06. The minimum atomic E-state index is -1.33. The molecule has 2 aromatic rings. The van der Waals surface area contributed by atoms with E-state index in [-0.39, 0.29) is 17.1 Å². The molecule has 0 saturated carbocycles. The second-order valence-electron chi connectivity index (χ2n) is 4.58. The van der Waals surface area contributed by atoms with Gasteiger partial charge in [-0.1, -0.05) is 0 Å². The molecule has 1 aliphatic heterocycles. The van der Waals surface area contributed by atoms with Crippen LogP contribution in [0, 0.1) is 0 Å². The third kappa shape index (κ3) is 2.07. The molecule has 0 amide bonds. The fraction of sp³-hybridized carbons (Fsp3) is 0.500. The molecule has 6 N–H and O–H groups in total. The molecule has 3 heterocycles. The standard InChI is InChI=1S/C10H13N5O6/c16-1-3-5(17)6(18)9(21-3)15-2-11-4-7(15)12-10(14-20)13-8(4)19/h2-3,5-6,9,16-18,20H,1H2,(H2,12,13,14,19). The first-order chi connectivity index (χ1) is 10.1. The van der Waals surface area contributed by atoms with Crippen molar-refractivity contribution < 1.29 is 25.3 Å². The number of H-pyrrole nitrogens is 1. The molecule has 0 spiro atoms. The van der Waals surface area contributed by atoms with E-state index >= 15 is 0 Å². The molecule has 3 rings (SSSR count). The van der Waals surface area contributed by atoms with Crippen LogP contribution in [0.1, 0.15) is 6.23 Å². The van der Waals surface area contributed by atoms with Crippen molar-refractivity contribution in [2.24, 2.45) is 0 Å². The maximum atomic E-state index is 11.7. The number of aromatic amines is 1. The van der Waals surface area contributed by atoms with Crippen molar-refractivity contribution in [3.8, 4) is 0 Å². The number of anilines is 1. The maximum Gasteiger partial charge on any atom is 0.280 e. The van der Waals surface area contributed by atoms with Crippen LogP contribution in [-0.2, 0) is 4.74 Å². The van der Waals surface area contributed by atoms with E-state index in [0.29, 0.717) is 0 Å². The number of hydrogen-bond acceptors (Lipinski definition) is 9. The van der Waals surface area contributed by atoms with E-state index in [1.807, 2.05) is 0 Å². The van der Waals surface area contributed by atoms with Crippen LogP contribution in [0.25, 0.3) is 11.2 Å². The topological polar surface area (TPSA) is 166 Å². The second-order valence-corrected chi connectivity index (χ2v) is 4.58. The molecule has 0 radical (unpaired) electrons. The van der Waals surface area contributed by atoms with Gasteiger partial charge in [-0.15, -0.1) is 0 Å². The molecule has 4 unspecified atom stereocenters. The van der Waals surface area contributed by atoms with Gasteiger partial charge in [0.25, 0.3) is 5.56 Å². The van der Waals surface area contributed by atoms with E-state index in [4.69, 9.17) is 15.1 Å². The minimum absolute atomic E-state index is 0.0215. The van der Waals surface area contributed by atoms with Gasteiger partial charge < -0.3 is 20.1 Å². The van der Waals surface area contributed by atoms with Gasteiger partial charge in [-0.2, -0.15) is 4.98 Å². The Hall–Kier alpha value is -2.05. The van der Waals surface area contributed by atoms with Gasteiger partial charge in [0.05, 0.1) is 12.9 Å². The summed E-state index contributed by atoms with van der Waals surface area (Å²) < 4.78 is 6.58. The molecule has 0 bridgehead atoms. The summed E-state index contributed by atoms with van der Waals surface area (Å²) in [6, 6.07) is 0. The van der Waals surface area contributed by atoms with Crippen molar-refractivity contribution >= 4 is 17.1 Å². The van der Waals surface area contributed by atoms with Gasteiger partial charge in [-0.3, -0.25) is 19.6 Å². The Bertz CT molecular complexity index is 714. The van der Waals surface area contributed by atoms with E-state index in [1.54, 1.807) is 5.48 Å². The molecule has 11 nitrogen and oxygen atoms in total. The van der Waals surface area contributed by atoms with Crippen molar-refractivity contribution in [1.29, 1.82) is 0 Å². The molecule has 11 heteroatoms. The van der Waals surface area contributed by atoms with Crippen LogP contribution >= 0.6 is 0 Å². The van der Waals surface area contributed by atoms with Crippen LogP contribution in [0.3, 0.4) is 0 Å². The average molecular weight is 299 g/mol. The van der Waals surface area contributed by atoms with Crippen LogP contribution in [0.5, 0.6) is 0 Å². The lowest BCUT2D eigenvalue weighted by Crippen LogP contribution is -2.33. The Morgan fingerprint density at radius 3 is 2.81 bits per heavy atom. The molecule has 0 aliphatic carbocycles. The number of ether oxygens (including phenoxy) is 1. The van der Waals surface area contributed by atoms with Crippen LogP contribution in [0.4, 0.5) is 5.95 Å². The molecular weight excluding hydrogens is 286 g/mol. The Balaban J connectivity index is 2.09. The average Bonchev–Trinajstić information content (AvgIpc) is 3.02. The molecular formula is C10H13N5O6. The Kier molecular flexibility index (Phi) is 3.35. The van der Waals surface area contributed by atoms with E-state index in [0.717, 1.165) is 0 Å². The highest BCUT2D eigenvalue weighted by atomic mass is 16.6. The number of aromatic nitrogens is 4. The van der Waals surface area contributed by atoms with Crippen molar-refractivity contribution in [2.75, 3.05) is 12.1 Å². The third-order valence-corrected chi connectivity index (χ3v) is 3.33. The van der Waals surface area contributed by atoms with Crippen molar-refractivity contribution in [2.45, 2.75) is 24.5 Å². The van der Waals surface area contributed by atoms with Gasteiger partial charge in [0.15, 0.2) is 17.4 Å². The summed E-state index contributed by atoms with van der Waals surface area (Å²) in [5, 5.41) is 37.6. The van der Waals surface area contributed by atoms with Crippen molar-refractivity contribution in [3.63, 3.8) is 0 Å². The predicted octanol–water partition coefficient (Wildman–Crippen LogP) is -2.47. The van der Waals surface area contributed by atoms with Gasteiger partial charge in [0.1, 0.15) is 18.3 Å². The van der Waals surface area contributed by atoms with Crippen LogP contribution in [-0.4, -0.2) is 65.0 Å². The number of aliphatic hydroxyl groups is 3. The highest BCUT2D eigenvalue weighted by molar-refractivity contribution is 5.70. The largest absolute Gasteiger partial charge is 0.394 e. The Morgan fingerprint density at radius 1 is 1.43 bits per heavy atom. The van der Waals surface area contributed by atoms with E-state index in [2.05, 4.69) is 15.0 Å². The molecule has 1 aliphatic rings. The Labute approximate surface area is 116 Å². The van der Waals surface area contributed by atoms with Gasteiger partial charge in [-0.05, 0) is 0 Å². The molecule has 114 valence electrons. The zero-order chi connectivity index (χ0) is 15.1. The number of imidazole rings is 1. The minimum Gasteiger partial charge on any atom is -0.394 e. The molecule has 4 atom stereocenters. The maximum absolute atomic E-state index is 11.7. The number of rotatable bonds is 3. The fourth-order valence-corrected chi connectivity index (χ4v) is 2.28. The summed E-state index contributed by atoms with van der Waals surface area (Å²) in [6.07, 6.45) is -3.42. The van der Waals surface area contributed by atoms with Gasteiger partial charge in [-0.25, -0.2) is 10.5 Å². The van der Waals surface area contributed by atoms with Crippen molar-refractivity contribution in [3.05, 3.63) is 16.7 Å². The molecule has 1 fully saturated rings. The van der Waals surface area contributed by atoms with Gasteiger partial charge in [0, 0.05) is 0 Å². The SMILES string of the molecule is O=c1[nH]c(NO)nc2c1ncn2C1OC(CO)C(O)C1O. The van der Waals surface area contributed by atoms with Crippen LogP contribution < -0.4 is 11.0 Å². The zero-order valence-electron chi connectivity index (χ0n) is 10.5. The summed E-state index contributed by atoms with van der Waals surface area (Å²) in [6.45, 7) is -0.473. The summed E-state index contributed by atoms with van der Waals surface area (Å²) in [5.74, 6) is -0.207. The summed E-state index contributed by atoms with van der Waals surface area (Å²) in [5.41, 5.74) is 1.14. The first kappa shape index (κ1) is 13.9. The quantitative estimate of drug-likeness (QED) is 0.337.